The summed E-state index contributed by atoms with van der Waals surface area (Å²) in [5, 5.41) is 9.17. The number of rotatable bonds is 5. The van der Waals surface area contributed by atoms with E-state index >= 15 is 0 Å². The van der Waals surface area contributed by atoms with Crippen molar-refractivity contribution in [3.63, 3.8) is 0 Å². The van der Waals surface area contributed by atoms with E-state index in [2.05, 4.69) is 4.98 Å². The van der Waals surface area contributed by atoms with Crippen LogP contribution in [-0.4, -0.2) is 26.4 Å². The van der Waals surface area contributed by atoms with Crippen molar-refractivity contribution < 1.29 is 18.7 Å². The Kier molecular flexibility index (Phi) is 4.39. The third-order valence-electron chi connectivity index (χ3n) is 2.54. The van der Waals surface area contributed by atoms with Crippen molar-refractivity contribution in [3.05, 3.63) is 47.3 Å². The predicted molar refractivity (Wildman–Crippen MR) is 70.8 cm³/mol. The molecule has 20 heavy (non-hydrogen) atoms. The molecule has 0 fully saturated rings. The Balaban J connectivity index is 2.22. The summed E-state index contributed by atoms with van der Waals surface area (Å²) in [4.78, 5) is 14.8. The number of carbonyl (C=O) groups is 1. The van der Waals surface area contributed by atoms with Crippen molar-refractivity contribution in [1.29, 1.82) is 0 Å². The van der Waals surface area contributed by atoms with Gasteiger partial charge in [-0.15, -0.1) is 0 Å². The summed E-state index contributed by atoms with van der Waals surface area (Å²) in [7, 11) is 0. The minimum absolute atomic E-state index is 0.123. The van der Waals surface area contributed by atoms with Crippen LogP contribution in [0.4, 0.5) is 8.78 Å². The average molecular weight is 298 g/mol. The Morgan fingerprint density at radius 3 is 2.85 bits per heavy atom. The molecule has 0 saturated heterocycles. The van der Waals surface area contributed by atoms with Gasteiger partial charge in [0.05, 0.1) is 18.0 Å². The van der Waals surface area contributed by atoms with E-state index in [1.807, 2.05) is 0 Å². The van der Waals surface area contributed by atoms with Crippen LogP contribution in [0.1, 0.15) is 11.3 Å². The van der Waals surface area contributed by atoms with Gasteiger partial charge in [-0.1, -0.05) is 17.8 Å². The quantitative estimate of drug-likeness (QED) is 0.862. The van der Waals surface area contributed by atoms with E-state index in [1.165, 1.54) is 12.1 Å². The standard InChI is InChI=1S/C13H12F2N2O2S/c1-8-5-17(13(16-8)20-7-12(18)19)6-9-2-3-10(14)4-11(9)15/h2-5H,6-7H2,1H3,(H,18,19). The molecule has 2 aromatic rings. The van der Waals surface area contributed by atoms with E-state index in [4.69, 9.17) is 5.11 Å². The molecule has 1 aromatic carbocycles. The molecule has 0 bridgehead atoms. The number of hydrogen-bond acceptors (Lipinski definition) is 3. The van der Waals surface area contributed by atoms with Crippen LogP contribution in [0.15, 0.2) is 29.6 Å². The summed E-state index contributed by atoms with van der Waals surface area (Å²) in [6.07, 6.45) is 1.70. The lowest BCUT2D eigenvalue weighted by molar-refractivity contribution is -0.133. The SMILES string of the molecule is Cc1cn(Cc2ccc(F)cc2F)c(SCC(=O)O)n1. The third-order valence-corrected chi connectivity index (χ3v) is 3.52. The van der Waals surface area contributed by atoms with Crippen molar-refractivity contribution in [1.82, 2.24) is 9.55 Å². The maximum atomic E-state index is 13.6. The zero-order valence-corrected chi connectivity index (χ0v) is 11.5. The van der Waals surface area contributed by atoms with Crippen LogP contribution in [0.2, 0.25) is 0 Å². The van der Waals surface area contributed by atoms with Crippen LogP contribution in [0.3, 0.4) is 0 Å². The first-order valence-corrected chi connectivity index (χ1v) is 6.76. The van der Waals surface area contributed by atoms with E-state index in [0.29, 0.717) is 16.4 Å². The van der Waals surface area contributed by atoms with Crippen molar-refractivity contribution in [2.24, 2.45) is 0 Å². The molecule has 0 aliphatic carbocycles. The van der Waals surface area contributed by atoms with Crippen molar-refractivity contribution in [2.75, 3.05) is 5.75 Å². The van der Waals surface area contributed by atoms with Gasteiger partial charge in [0.25, 0.3) is 0 Å². The fourth-order valence-corrected chi connectivity index (χ4v) is 2.46. The lowest BCUT2D eigenvalue weighted by Crippen LogP contribution is -2.05. The molecule has 1 N–H and O–H groups in total. The first kappa shape index (κ1) is 14.5. The zero-order valence-electron chi connectivity index (χ0n) is 10.6. The maximum absolute atomic E-state index is 13.6. The second-order valence-corrected chi connectivity index (χ2v) is 5.15. The monoisotopic (exact) mass is 298 g/mol. The van der Waals surface area contributed by atoms with E-state index < -0.39 is 17.6 Å². The minimum atomic E-state index is -0.949. The highest BCUT2D eigenvalue weighted by Gasteiger charge is 2.11. The van der Waals surface area contributed by atoms with Crippen LogP contribution in [0.25, 0.3) is 0 Å². The van der Waals surface area contributed by atoms with Gasteiger partial charge < -0.3 is 9.67 Å². The Morgan fingerprint density at radius 1 is 1.45 bits per heavy atom. The van der Waals surface area contributed by atoms with Crippen molar-refractivity contribution in [3.8, 4) is 0 Å². The Morgan fingerprint density at radius 2 is 2.20 bits per heavy atom. The van der Waals surface area contributed by atoms with Crippen LogP contribution in [0, 0.1) is 18.6 Å². The van der Waals surface area contributed by atoms with Gasteiger partial charge in [0.2, 0.25) is 0 Å². The average Bonchev–Trinajstić information content (AvgIpc) is 2.70. The van der Waals surface area contributed by atoms with Crippen LogP contribution in [0.5, 0.6) is 0 Å². The van der Waals surface area contributed by atoms with Gasteiger partial charge in [-0.05, 0) is 13.0 Å². The van der Waals surface area contributed by atoms with Crippen LogP contribution < -0.4 is 0 Å². The molecule has 0 atom stereocenters. The molecule has 0 spiro atoms. The smallest absolute Gasteiger partial charge is 0.313 e. The maximum Gasteiger partial charge on any atom is 0.313 e. The summed E-state index contributed by atoms with van der Waals surface area (Å²) in [5.74, 6) is -2.34. The van der Waals surface area contributed by atoms with Crippen LogP contribution in [-0.2, 0) is 11.3 Å². The summed E-state index contributed by atoms with van der Waals surface area (Å²) in [5.41, 5.74) is 1.03. The molecule has 0 radical (unpaired) electrons. The third kappa shape index (κ3) is 3.57. The van der Waals surface area contributed by atoms with Gasteiger partial charge in [-0.25, -0.2) is 13.8 Å². The number of imidazole rings is 1. The van der Waals surface area contributed by atoms with Gasteiger partial charge in [0, 0.05) is 17.8 Å². The topological polar surface area (TPSA) is 55.1 Å². The predicted octanol–water partition coefficient (Wildman–Crippen LogP) is 2.69. The highest BCUT2D eigenvalue weighted by atomic mass is 32.2. The van der Waals surface area contributed by atoms with Gasteiger partial charge in [0.15, 0.2) is 5.16 Å². The number of carboxylic acid groups (broad SMARTS) is 1. The molecule has 7 heteroatoms. The molecule has 0 amide bonds. The first-order chi connectivity index (χ1) is 9.45. The summed E-state index contributed by atoms with van der Waals surface area (Å²) in [6, 6.07) is 3.38. The molecule has 0 aliphatic rings. The zero-order chi connectivity index (χ0) is 14.7. The first-order valence-electron chi connectivity index (χ1n) is 5.78. The molecule has 4 nitrogen and oxygen atoms in total. The minimum Gasteiger partial charge on any atom is -0.481 e. The number of aryl methyl sites for hydroxylation is 1. The molecule has 2 rings (SSSR count). The highest BCUT2D eigenvalue weighted by Crippen LogP contribution is 2.20. The number of hydrogen-bond donors (Lipinski definition) is 1. The van der Waals surface area contributed by atoms with E-state index in [0.717, 1.165) is 17.8 Å². The Bertz CT molecular complexity index is 643. The second kappa shape index (κ2) is 6.04. The number of thioether (sulfide) groups is 1. The number of aromatic nitrogens is 2. The number of aliphatic carboxylic acids is 1. The molecular weight excluding hydrogens is 286 g/mol. The van der Waals surface area contributed by atoms with E-state index in [1.54, 1.807) is 17.7 Å². The van der Waals surface area contributed by atoms with Gasteiger partial charge in [-0.3, -0.25) is 4.79 Å². The number of halogens is 2. The molecule has 0 saturated carbocycles. The van der Waals surface area contributed by atoms with Gasteiger partial charge in [0.1, 0.15) is 11.6 Å². The Hall–Kier alpha value is -1.89. The molecular formula is C13H12F2N2O2S. The lowest BCUT2D eigenvalue weighted by atomic mass is 10.2. The van der Waals surface area contributed by atoms with E-state index in [-0.39, 0.29) is 12.3 Å². The van der Waals surface area contributed by atoms with Gasteiger partial charge >= 0.3 is 5.97 Å². The molecule has 0 aliphatic heterocycles. The highest BCUT2D eigenvalue weighted by molar-refractivity contribution is 7.99. The normalized spacial score (nSPS) is 10.8. The summed E-state index contributed by atoms with van der Waals surface area (Å²) in [6.45, 7) is 1.94. The largest absolute Gasteiger partial charge is 0.481 e. The van der Waals surface area contributed by atoms with Crippen molar-refractivity contribution in [2.45, 2.75) is 18.6 Å². The molecule has 0 unspecified atom stereocenters. The number of nitrogens with zero attached hydrogens (tertiary/aromatic N) is 2. The summed E-state index contributed by atoms with van der Waals surface area (Å²) < 4.78 is 28.1. The second-order valence-electron chi connectivity index (χ2n) is 4.21. The lowest BCUT2D eigenvalue weighted by Gasteiger charge is -2.07. The number of benzene rings is 1. The van der Waals surface area contributed by atoms with Gasteiger partial charge in [-0.2, -0.15) is 0 Å². The molecule has 1 heterocycles. The Labute approximate surface area is 118 Å². The van der Waals surface area contributed by atoms with Crippen molar-refractivity contribution >= 4 is 17.7 Å². The fraction of sp³-hybridized carbons (Fsp3) is 0.231. The summed E-state index contributed by atoms with van der Waals surface area (Å²) >= 11 is 1.06. The number of carboxylic acids is 1. The molecule has 1 aromatic heterocycles. The molecule has 106 valence electrons. The van der Waals surface area contributed by atoms with Crippen LogP contribution >= 0.6 is 11.8 Å². The van der Waals surface area contributed by atoms with E-state index in [9.17, 15) is 13.6 Å². The fourth-order valence-electron chi connectivity index (χ4n) is 1.71.